The molecule has 0 aliphatic carbocycles. The van der Waals surface area contributed by atoms with E-state index in [1.807, 2.05) is 18.3 Å². The summed E-state index contributed by atoms with van der Waals surface area (Å²) >= 11 is 0. The van der Waals surface area contributed by atoms with E-state index < -0.39 is 0 Å². The van der Waals surface area contributed by atoms with Crippen molar-refractivity contribution in [2.75, 3.05) is 13.1 Å². The maximum Gasteiger partial charge on any atom is 0.0403 e. The van der Waals surface area contributed by atoms with Crippen LogP contribution >= 0.6 is 0 Å². The first-order valence-corrected chi connectivity index (χ1v) is 8.17. The Morgan fingerprint density at radius 1 is 1.10 bits per heavy atom. The molecule has 0 atom stereocenters. The molecule has 1 aromatic rings. The summed E-state index contributed by atoms with van der Waals surface area (Å²) in [6.45, 7) is 6.94. The van der Waals surface area contributed by atoms with Gasteiger partial charge in [-0.25, -0.2) is 0 Å². The number of allylic oxidation sites excluding steroid dienone is 1. The molecule has 2 heteroatoms. The van der Waals surface area contributed by atoms with Gasteiger partial charge in [-0.1, -0.05) is 38.8 Å². The van der Waals surface area contributed by atoms with Crippen molar-refractivity contribution in [2.45, 2.75) is 58.8 Å². The third kappa shape index (κ3) is 7.98. The monoisotopic (exact) mass is 274 g/mol. The van der Waals surface area contributed by atoms with E-state index in [1.165, 1.54) is 57.3 Å². The number of aromatic nitrogens is 1. The van der Waals surface area contributed by atoms with Crippen molar-refractivity contribution in [3.05, 3.63) is 42.4 Å². The molecule has 0 spiro atoms. The van der Waals surface area contributed by atoms with Crippen molar-refractivity contribution in [1.29, 1.82) is 0 Å². The van der Waals surface area contributed by atoms with E-state index in [4.69, 9.17) is 0 Å². The van der Waals surface area contributed by atoms with Crippen molar-refractivity contribution in [1.82, 2.24) is 9.88 Å². The average Bonchev–Trinajstić information content (AvgIpc) is 2.51. The molecule has 20 heavy (non-hydrogen) atoms. The number of piperidine rings is 1. The standard InChI is InChI=1S/C10H19N.C8H11N/c1-2-3-5-8-11-9-6-4-7-10-11;1-2-5-8-6-3-4-7-9-8/h5,8H,2-4,6-7,9-10H2,1H3;3-4,6-7H,2,5H2,1H3. The second-order valence-corrected chi connectivity index (χ2v) is 5.34. The molecule has 0 N–H and O–H groups in total. The number of rotatable bonds is 5. The number of aryl methyl sites for hydroxylation is 1. The molecule has 1 aliphatic rings. The van der Waals surface area contributed by atoms with E-state index in [9.17, 15) is 0 Å². The minimum atomic E-state index is 1.10. The van der Waals surface area contributed by atoms with E-state index in [0.29, 0.717) is 0 Å². The first kappa shape index (κ1) is 16.7. The van der Waals surface area contributed by atoms with E-state index in [1.54, 1.807) is 0 Å². The quantitative estimate of drug-likeness (QED) is 0.765. The minimum Gasteiger partial charge on any atom is -0.378 e. The summed E-state index contributed by atoms with van der Waals surface area (Å²) < 4.78 is 0. The summed E-state index contributed by atoms with van der Waals surface area (Å²) in [6.07, 6.45) is 15.4. The third-order valence-corrected chi connectivity index (χ3v) is 3.39. The second kappa shape index (κ2) is 11.5. The molecule has 0 radical (unpaired) electrons. The van der Waals surface area contributed by atoms with Crippen LogP contribution in [0.2, 0.25) is 0 Å². The molecule has 1 aliphatic heterocycles. The summed E-state index contributed by atoms with van der Waals surface area (Å²) in [4.78, 5) is 6.61. The van der Waals surface area contributed by atoms with Crippen LogP contribution in [0, 0.1) is 0 Å². The van der Waals surface area contributed by atoms with E-state index in [2.05, 4.69) is 42.1 Å². The molecule has 0 saturated carbocycles. The van der Waals surface area contributed by atoms with Gasteiger partial charge in [-0.2, -0.15) is 0 Å². The van der Waals surface area contributed by atoms with Gasteiger partial charge in [-0.3, -0.25) is 4.98 Å². The molecule has 1 aromatic heterocycles. The second-order valence-electron chi connectivity index (χ2n) is 5.34. The van der Waals surface area contributed by atoms with E-state index in [-0.39, 0.29) is 0 Å². The van der Waals surface area contributed by atoms with Gasteiger partial charge in [0.2, 0.25) is 0 Å². The zero-order valence-electron chi connectivity index (χ0n) is 13.2. The lowest BCUT2D eigenvalue weighted by atomic mass is 10.1. The predicted molar refractivity (Wildman–Crippen MR) is 87.7 cm³/mol. The van der Waals surface area contributed by atoms with Crippen molar-refractivity contribution >= 4 is 0 Å². The van der Waals surface area contributed by atoms with Crippen LogP contribution in [-0.2, 0) is 6.42 Å². The van der Waals surface area contributed by atoms with Gasteiger partial charge in [0.25, 0.3) is 0 Å². The van der Waals surface area contributed by atoms with Crippen molar-refractivity contribution < 1.29 is 0 Å². The summed E-state index contributed by atoms with van der Waals surface area (Å²) in [6, 6.07) is 6.03. The Morgan fingerprint density at radius 2 is 1.90 bits per heavy atom. The van der Waals surface area contributed by atoms with Crippen LogP contribution in [0.25, 0.3) is 0 Å². The summed E-state index contributed by atoms with van der Waals surface area (Å²) in [5.74, 6) is 0. The van der Waals surface area contributed by atoms with Crippen LogP contribution < -0.4 is 0 Å². The number of pyridine rings is 1. The van der Waals surface area contributed by atoms with Gasteiger partial charge in [-0.15, -0.1) is 0 Å². The zero-order valence-corrected chi connectivity index (χ0v) is 13.2. The highest BCUT2D eigenvalue weighted by atomic mass is 15.1. The highest BCUT2D eigenvalue weighted by Crippen LogP contribution is 2.08. The highest BCUT2D eigenvalue weighted by molar-refractivity contribution is 5.02. The fourth-order valence-corrected chi connectivity index (χ4v) is 2.26. The summed E-state index contributed by atoms with van der Waals surface area (Å²) in [5.41, 5.74) is 1.19. The molecular weight excluding hydrogens is 244 g/mol. The first-order chi connectivity index (χ1) is 9.86. The zero-order chi connectivity index (χ0) is 14.5. The van der Waals surface area contributed by atoms with Gasteiger partial charge >= 0.3 is 0 Å². The van der Waals surface area contributed by atoms with E-state index in [0.717, 1.165) is 6.42 Å². The number of nitrogens with zero attached hydrogens (tertiary/aromatic N) is 2. The lowest BCUT2D eigenvalue weighted by Crippen LogP contribution is -2.23. The van der Waals surface area contributed by atoms with Gasteiger partial charge in [-0.05, 0) is 50.4 Å². The van der Waals surface area contributed by atoms with Gasteiger partial charge < -0.3 is 4.90 Å². The van der Waals surface area contributed by atoms with Crippen LogP contribution in [0.4, 0.5) is 0 Å². The average molecular weight is 274 g/mol. The van der Waals surface area contributed by atoms with Crippen LogP contribution in [0.5, 0.6) is 0 Å². The SMILES string of the molecule is CCCC=CN1CCCCC1.CCCc1ccccn1. The van der Waals surface area contributed by atoms with Gasteiger partial charge in [0, 0.05) is 25.0 Å². The maximum atomic E-state index is 4.17. The Morgan fingerprint density at radius 3 is 2.50 bits per heavy atom. The molecule has 2 rings (SSSR count). The lowest BCUT2D eigenvalue weighted by molar-refractivity contribution is 0.308. The summed E-state index contributed by atoms with van der Waals surface area (Å²) in [7, 11) is 0. The lowest BCUT2D eigenvalue weighted by Gasteiger charge is -2.24. The van der Waals surface area contributed by atoms with E-state index >= 15 is 0 Å². The largest absolute Gasteiger partial charge is 0.378 e. The Balaban J connectivity index is 0.000000204. The maximum absolute atomic E-state index is 4.17. The molecule has 0 unspecified atom stereocenters. The van der Waals surface area contributed by atoms with Crippen molar-refractivity contribution in [3.63, 3.8) is 0 Å². The fourth-order valence-electron chi connectivity index (χ4n) is 2.26. The third-order valence-electron chi connectivity index (χ3n) is 3.39. The molecule has 0 amide bonds. The fraction of sp³-hybridized carbons (Fsp3) is 0.611. The molecule has 2 nitrogen and oxygen atoms in total. The number of likely N-dealkylation sites (tertiary alicyclic amines) is 1. The van der Waals surface area contributed by atoms with Crippen molar-refractivity contribution in [2.24, 2.45) is 0 Å². The Hall–Kier alpha value is -1.31. The smallest absolute Gasteiger partial charge is 0.0403 e. The number of hydrogen-bond donors (Lipinski definition) is 0. The summed E-state index contributed by atoms with van der Waals surface area (Å²) in [5, 5.41) is 0. The topological polar surface area (TPSA) is 16.1 Å². The first-order valence-electron chi connectivity index (χ1n) is 8.17. The van der Waals surface area contributed by atoms with Crippen molar-refractivity contribution in [3.8, 4) is 0 Å². The van der Waals surface area contributed by atoms with Crippen LogP contribution in [0.3, 0.4) is 0 Å². The van der Waals surface area contributed by atoms with Crippen LogP contribution in [0.1, 0.15) is 58.1 Å². The minimum absolute atomic E-state index is 1.10. The Labute approximate surface area is 124 Å². The number of unbranched alkanes of at least 4 members (excludes halogenated alkanes) is 1. The van der Waals surface area contributed by atoms with Gasteiger partial charge in [0.15, 0.2) is 0 Å². The predicted octanol–water partition coefficient (Wildman–Crippen LogP) is 4.82. The normalized spacial score (nSPS) is 15.0. The van der Waals surface area contributed by atoms with Crippen LogP contribution in [0.15, 0.2) is 36.7 Å². The molecule has 0 bridgehead atoms. The van der Waals surface area contributed by atoms with Gasteiger partial charge in [0.05, 0.1) is 0 Å². The molecule has 0 aromatic carbocycles. The molecule has 1 fully saturated rings. The van der Waals surface area contributed by atoms with Gasteiger partial charge in [0.1, 0.15) is 0 Å². The Kier molecular flexibility index (Phi) is 9.64. The number of hydrogen-bond acceptors (Lipinski definition) is 2. The highest BCUT2D eigenvalue weighted by Gasteiger charge is 2.03. The molecule has 1 saturated heterocycles. The molecular formula is C18H30N2. The molecule has 2 heterocycles. The van der Waals surface area contributed by atoms with Crippen LogP contribution in [-0.4, -0.2) is 23.0 Å². The molecule has 112 valence electrons. The Bertz CT molecular complexity index is 340.